The van der Waals surface area contributed by atoms with Gasteiger partial charge in [0.15, 0.2) is 6.61 Å². The summed E-state index contributed by atoms with van der Waals surface area (Å²) >= 11 is 11.4. The molecule has 0 aromatic heterocycles. The summed E-state index contributed by atoms with van der Waals surface area (Å²) in [7, 11) is 0. The molecule has 0 heterocycles. The van der Waals surface area contributed by atoms with Gasteiger partial charge >= 0.3 is 5.97 Å². The second kappa shape index (κ2) is 8.47. The summed E-state index contributed by atoms with van der Waals surface area (Å²) in [4.78, 5) is 26.9. The highest BCUT2D eigenvalue weighted by molar-refractivity contribution is 6.63. The molecule has 0 bridgehead atoms. The Bertz CT molecular complexity index is 775. The molecule has 24 heavy (non-hydrogen) atoms. The monoisotopic (exact) mass is 365 g/mol. The molecule has 2 rings (SSSR count). The third-order valence-corrected chi connectivity index (χ3v) is 3.19. The predicted octanol–water partition coefficient (Wildman–Crippen LogP) is 3.80. The molecule has 0 spiro atoms. The van der Waals surface area contributed by atoms with Crippen molar-refractivity contribution in [1.82, 2.24) is 0 Å². The second-order valence-electron chi connectivity index (χ2n) is 4.67. The van der Waals surface area contributed by atoms with Crippen LogP contribution in [0.5, 0.6) is 5.75 Å². The number of hydrogen-bond donors (Lipinski definition) is 0. The van der Waals surface area contributed by atoms with Crippen LogP contribution in [0.3, 0.4) is 0 Å². The van der Waals surface area contributed by atoms with Crippen molar-refractivity contribution in [3.63, 3.8) is 0 Å². The fourth-order valence-electron chi connectivity index (χ4n) is 1.91. The Morgan fingerprint density at radius 3 is 2.46 bits per heavy atom. The van der Waals surface area contributed by atoms with Crippen molar-refractivity contribution in [2.24, 2.45) is 5.16 Å². The van der Waals surface area contributed by atoms with Crippen molar-refractivity contribution < 1.29 is 19.2 Å². The Morgan fingerprint density at radius 1 is 1.12 bits per heavy atom. The molecule has 5 nitrogen and oxygen atoms in total. The van der Waals surface area contributed by atoms with Crippen LogP contribution in [0.4, 0.5) is 0 Å². The number of halogens is 2. The van der Waals surface area contributed by atoms with Crippen molar-refractivity contribution in [2.75, 3.05) is 6.61 Å². The van der Waals surface area contributed by atoms with E-state index in [0.29, 0.717) is 27.6 Å². The van der Waals surface area contributed by atoms with Crippen LogP contribution in [-0.2, 0) is 14.4 Å². The van der Waals surface area contributed by atoms with Gasteiger partial charge in [-0.2, -0.15) is 0 Å². The molecule has 2 aromatic rings. The molecule has 0 amide bonds. The van der Waals surface area contributed by atoms with Gasteiger partial charge in [-0.3, -0.25) is 4.79 Å². The first kappa shape index (κ1) is 18.0. The second-order valence-corrected chi connectivity index (χ2v) is 5.53. The topological polar surface area (TPSA) is 65.0 Å². The number of nitrogens with zero attached hydrogens (tertiary/aromatic N) is 1. The maximum Gasteiger partial charge on any atom is 0.332 e. The van der Waals surface area contributed by atoms with Crippen LogP contribution < -0.4 is 4.74 Å². The van der Waals surface area contributed by atoms with Gasteiger partial charge in [0.05, 0.1) is 0 Å². The zero-order chi connectivity index (χ0) is 17.5. The Labute approximate surface area is 148 Å². The Hall–Kier alpha value is -2.37. The molecule has 0 atom stereocenters. The van der Waals surface area contributed by atoms with E-state index in [1.165, 1.54) is 6.92 Å². The van der Waals surface area contributed by atoms with E-state index in [4.69, 9.17) is 32.8 Å². The average molecular weight is 366 g/mol. The third-order valence-electron chi connectivity index (χ3n) is 2.85. The summed E-state index contributed by atoms with van der Waals surface area (Å²) in [5, 5.41) is 3.69. The number of ether oxygens (including phenoxy) is 1. The maximum atomic E-state index is 11.1. The lowest BCUT2D eigenvalue weighted by molar-refractivity contribution is -0.140. The highest BCUT2D eigenvalue weighted by Gasteiger charge is 2.16. The minimum atomic E-state index is -0.644. The van der Waals surface area contributed by atoms with Crippen molar-refractivity contribution >= 4 is 40.1 Å². The normalized spacial score (nSPS) is 11.0. The SMILES string of the molecule is CC(=O)O/N=C(/c1ccccc1)c1cc(Cl)ccc1OCC(=O)Cl. The molecule has 0 aliphatic heterocycles. The van der Waals surface area contributed by atoms with Crippen molar-refractivity contribution in [3.05, 3.63) is 64.7 Å². The first-order valence-electron chi connectivity index (χ1n) is 6.89. The van der Waals surface area contributed by atoms with Crippen LogP contribution in [0.1, 0.15) is 18.1 Å². The molecule has 0 unspecified atom stereocenters. The highest BCUT2D eigenvalue weighted by atomic mass is 35.5. The van der Waals surface area contributed by atoms with Gasteiger partial charge in [0.1, 0.15) is 11.5 Å². The lowest BCUT2D eigenvalue weighted by Crippen LogP contribution is -2.11. The van der Waals surface area contributed by atoms with Gasteiger partial charge in [0, 0.05) is 23.1 Å². The van der Waals surface area contributed by atoms with Crippen LogP contribution in [0.15, 0.2) is 53.7 Å². The van der Waals surface area contributed by atoms with Crippen LogP contribution in [0.25, 0.3) is 0 Å². The van der Waals surface area contributed by atoms with Crippen LogP contribution in [0, 0.1) is 0 Å². The first-order chi connectivity index (χ1) is 11.5. The fourth-order valence-corrected chi connectivity index (χ4v) is 2.14. The molecule has 0 radical (unpaired) electrons. The number of hydrogen-bond acceptors (Lipinski definition) is 5. The summed E-state index contributed by atoms with van der Waals surface area (Å²) in [6.07, 6.45) is 0. The molecular formula is C17H13Cl2NO4. The maximum absolute atomic E-state index is 11.1. The van der Waals surface area contributed by atoms with Gasteiger partial charge in [-0.1, -0.05) is 47.1 Å². The van der Waals surface area contributed by atoms with E-state index < -0.39 is 11.2 Å². The van der Waals surface area contributed by atoms with Crippen LogP contribution in [-0.4, -0.2) is 23.5 Å². The van der Waals surface area contributed by atoms with E-state index in [9.17, 15) is 9.59 Å². The Balaban J connectivity index is 2.52. The molecule has 0 saturated heterocycles. The van der Waals surface area contributed by atoms with E-state index >= 15 is 0 Å². The fraction of sp³-hybridized carbons (Fsp3) is 0.118. The molecule has 0 fully saturated rings. The zero-order valence-corrected chi connectivity index (χ0v) is 14.2. The van der Waals surface area contributed by atoms with Crippen molar-refractivity contribution in [1.29, 1.82) is 0 Å². The summed E-state index contributed by atoms with van der Waals surface area (Å²) in [5.41, 5.74) is 1.49. The van der Waals surface area contributed by atoms with Gasteiger partial charge in [0.2, 0.25) is 0 Å². The van der Waals surface area contributed by atoms with E-state index in [-0.39, 0.29) is 6.61 Å². The van der Waals surface area contributed by atoms with E-state index in [1.54, 1.807) is 30.3 Å². The molecule has 0 aliphatic carbocycles. The average Bonchev–Trinajstić information content (AvgIpc) is 2.55. The molecule has 0 N–H and O–H groups in total. The number of oxime groups is 1. The molecule has 124 valence electrons. The summed E-state index contributed by atoms with van der Waals surface area (Å²) in [6, 6.07) is 13.8. The Morgan fingerprint density at radius 2 is 1.83 bits per heavy atom. The predicted molar refractivity (Wildman–Crippen MR) is 91.7 cm³/mol. The smallest absolute Gasteiger partial charge is 0.332 e. The number of rotatable bonds is 6. The largest absolute Gasteiger partial charge is 0.484 e. The van der Waals surface area contributed by atoms with Crippen LogP contribution in [0.2, 0.25) is 5.02 Å². The lowest BCUT2D eigenvalue weighted by atomic mass is 10.0. The van der Waals surface area contributed by atoms with Crippen LogP contribution >= 0.6 is 23.2 Å². The van der Waals surface area contributed by atoms with Crippen molar-refractivity contribution in [2.45, 2.75) is 6.92 Å². The minimum Gasteiger partial charge on any atom is -0.484 e. The highest BCUT2D eigenvalue weighted by Crippen LogP contribution is 2.26. The standard InChI is InChI=1S/C17H13Cl2NO4/c1-11(21)24-20-17(12-5-3-2-4-6-12)14-9-13(18)7-8-15(14)23-10-16(19)22/h2-9H,10H2,1H3/b20-17-. The summed E-state index contributed by atoms with van der Waals surface area (Å²) in [5.74, 6) is -0.230. The molecule has 2 aromatic carbocycles. The van der Waals surface area contributed by atoms with Gasteiger partial charge in [-0.05, 0) is 29.8 Å². The third kappa shape index (κ3) is 5.08. The molecule has 0 saturated carbocycles. The summed E-state index contributed by atoms with van der Waals surface area (Å²) in [6.45, 7) is 0.930. The minimum absolute atomic E-state index is 0.314. The van der Waals surface area contributed by atoms with Gasteiger partial charge in [0.25, 0.3) is 5.24 Å². The van der Waals surface area contributed by atoms with Gasteiger partial charge in [-0.15, -0.1) is 0 Å². The molecule has 7 heteroatoms. The number of carbonyl (C=O) groups is 2. The first-order valence-corrected chi connectivity index (χ1v) is 7.65. The number of benzene rings is 2. The zero-order valence-electron chi connectivity index (χ0n) is 12.7. The lowest BCUT2D eigenvalue weighted by Gasteiger charge is -2.13. The number of carbonyl (C=O) groups excluding carboxylic acids is 2. The quantitative estimate of drug-likeness (QED) is 0.338. The Kier molecular flexibility index (Phi) is 6.35. The van der Waals surface area contributed by atoms with E-state index in [1.807, 2.05) is 18.2 Å². The van der Waals surface area contributed by atoms with Gasteiger partial charge in [-0.25, -0.2) is 4.79 Å². The molecule has 0 aliphatic rings. The van der Waals surface area contributed by atoms with E-state index in [2.05, 4.69) is 5.16 Å². The van der Waals surface area contributed by atoms with Gasteiger partial charge < -0.3 is 9.57 Å². The van der Waals surface area contributed by atoms with Crippen molar-refractivity contribution in [3.8, 4) is 5.75 Å². The molecular weight excluding hydrogens is 353 g/mol. The summed E-state index contributed by atoms with van der Waals surface area (Å²) < 4.78 is 5.40. The van der Waals surface area contributed by atoms with E-state index in [0.717, 1.165) is 0 Å².